The second-order valence-electron chi connectivity index (χ2n) is 4.21. The maximum Gasteiger partial charge on any atom is 0.294 e. The molecular formula is C14H14N2O5S. The van der Waals surface area contributed by atoms with Gasteiger partial charge in [-0.15, -0.1) is 0 Å². The SMILES string of the molecule is COc1ccc(/N=N/c2ccc(S(=O)(=O)O)cc2)cc1OC. The highest BCUT2D eigenvalue weighted by atomic mass is 32.2. The van der Waals surface area contributed by atoms with E-state index >= 15 is 0 Å². The van der Waals surface area contributed by atoms with Crippen molar-refractivity contribution in [1.29, 1.82) is 0 Å². The summed E-state index contributed by atoms with van der Waals surface area (Å²) in [6.07, 6.45) is 0. The summed E-state index contributed by atoms with van der Waals surface area (Å²) in [5, 5.41) is 8.01. The van der Waals surface area contributed by atoms with Gasteiger partial charge in [0.25, 0.3) is 10.1 Å². The Bertz CT molecular complexity index is 785. The Hall–Kier alpha value is -2.45. The number of azo groups is 1. The van der Waals surface area contributed by atoms with Gasteiger partial charge in [0.15, 0.2) is 11.5 Å². The van der Waals surface area contributed by atoms with E-state index < -0.39 is 10.1 Å². The standard InChI is InChI=1S/C14H14N2O5S/c1-20-13-8-5-11(9-14(13)21-2)16-15-10-3-6-12(7-4-10)22(17,18)19/h3-9H,1-2H3,(H,17,18,19)/b16-15+. The lowest BCUT2D eigenvalue weighted by Gasteiger charge is -2.06. The van der Waals surface area contributed by atoms with E-state index in [0.29, 0.717) is 22.9 Å². The van der Waals surface area contributed by atoms with Crippen LogP contribution in [0.3, 0.4) is 0 Å². The maximum absolute atomic E-state index is 10.9. The van der Waals surface area contributed by atoms with E-state index in [4.69, 9.17) is 14.0 Å². The van der Waals surface area contributed by atoms with Crippen LogP contribution in [0.25, 0.3) is 0 Å². The number of hydrogen-bond acceptors (Lipinski definition) is 6. The van der Waals surface area contributed by atoms with Gasteiger partial charge in [-0.25, -0.2) is 0 Å². The van der Waals surface area contributed by atoms with E-state index in [9.17, 15) is 8.42 Å². The Morgan fingerprint density at radius 2 is 1.41 bits per heavy atom. The van der Waals surface area contributed by atoms with Crippen LogP contribution in [0.4, 0.5) is 11.4 Å². The summed E-state index contributed by atoms with van der Waals surface area (Å²) < 4.78 is 41.0. The van der Waals surface area contributed by atoms with Gasteiger partial charge in [-0.05, 0) is 36.4 Å². The second kappa shape index (κ2) is 6.54. The fourth-order valence-electron chi connectivity index (χ4n) is 1.69. The van der Waals surface area contributed by atoms with E-state index in [-0.39, 0.29) is 4.90 Å². The summed E-state index contributed by atoms with van der Waals surface area (Å²) in [6, 6.07) is 10.4. The first-order chi connectivity index (χ1) is 10.4. The molecule has 0 amide bonds. The Labute approximate surface area is 128 Å². The molecule has 0 aliphatic rings. The maximum atomic E-state index is 10.9. The van der Waals surface area contributed by atoms with Crippen molar-refractivity contribution in [3.05, 3.63) is 42.5 Å². The fraction of sp³-hybridized carbons (Fsp3) is 0.143. The Morgan fingerprint density at radius 3 is 1.95 bits per heavy atom. The molecule has 0 aliphatic heterocycles. The van der Waals surface area contributed by atoms with Crippen molar-refractivity contribution >= 4 is 21.5 Å². The van der Waals surface area contributed by atoms with Gasteiger partial charge >= 0.3 is 0 Å². The van der Waals surface area contributed by atoms with Crippen LogP contribution in [0.5, 0.6) is 11.5 Å². The lowest BCUT2D eigenvalue weighted by molar-refractivity contribution is 0.355. The number of ether oxygens (including phenoxy) is 2. The first-order valence-electron chi connectivity index (χ1n) is 6.15. The lowest BCUT2D eigenvalue weighted by atomic mass is 10.3. The highest BCUT2D eigenvalue weighted by Gasteiger charge is 2.08. The van der Waals surface area contributed by atoms with Crippen molar-refractivity contribution in [3.63, 3.8) is 0 Å². The zero-order valence-electron chi connectivity index (χ0n) is 11.9. The Morgan fingerprint density at radius 1 is 0.864 bits per heavy atom. The van der Waals surface area contributed by atoms with Gasteiger partial charge in [-0.2, -0.15) is 18.6 Å². The summed E-state index contributed by atoms with van der Waals surface area (Å²) in [5.41, 5.74) is 0.999. The number of rotatable bonds is 5. The molecule has 0 spiro atoms. The smallest absolute Gasteiger partial charge is 0.294 e. The van der Waals surface area contributed by atoms with Crippen LogP contribution in [0.15, 0.2) is 57.6 Å². The van der Waals surface area contributed by atoms with E-state index in [1.807, 2.05) is 0 Å². The molecule has 2 rings (SSSR count). The number of benzene rings is 2. The highest BCUT2D eigenvalue weighted by molar-refractivity contribution is 7.85. The molecule has 2 aromatic carbocycles. The molecule has 7 nitrogen and oxygen atoms in total. The minimum atomic E-state index is -4.21. The molecular weight excluding hydrogens is 308 g/mol. The van der Waals surface area contributed by atoms with Crippen LogP contribution in [-0.4, -0.2) is 27.2 Å². The molecule has 0 fully saturated rings. The molecule has 0 saturated heterocycles. The fourth-order valence-corrected chi connectivity index (χ4v) is 2.17. The van der Waals surface area contributed by atoms with Crippen molar-refractivity contribution < 1.29 is 22.4 Å². The summed E-state index contributed by atoms with van der Waals surface area (Å²) >= 11 is 0. The summed E-state index contributed by atoms with van der Waals surface area (Å²) in [4.78, 5) is -0.197. The summed E-state index contributed by atoms with van der Waals surface area (Å²) in [6.45, 7) is 0. The highest BCUT2D eigenvalue weighted by Crippen LogP contribution is 2.31. The largest absolute Gasteiger partial charge is 0.493 e. The van der Waals surface area contributed by atoms with Crippen LogP contribution in [0.2, 0.25) is 0 Å². The molecule has 8 heteroatoms. The third kappa shape index (κ3) is 3.80. The average Bonchev–Trinajstić information content (AvgIpc) is 2.52. The lowest BCUT2D eigenvalue weighted by Crippen LogP contribution is -1.96. The quantitative estimate of drug-likeness (QED) is 0.672. The first kappa shape index (κ1) is 15.9. The van der Waals surface area contributed by atoms with Crippen LogP contribution >= 0.6 is 0 Å². The van der Waals surface area contributed by atoms with Gasteiger partial charge in [-0.1, -0.05) is 0 Å². The van der Waals surface area contributed by atoms with Crippen molar-refractivity contribution in [2.75, 3.05) is 14.2 Å². The predicted molar refractivity (Wildman–Crippen MR) is 80.0 cm³/mol. The monoisotopic (exact) mass is 322 g/mol. The summed E-state index contributed by atoms with van der Waals surface area (Å²) in [5.74, 6) is 1.11. The van der Waals surface area contributed by atoms with Crippen molar-refractivity contribution in [3.8, 4) is 11.5 Å². The molecule has 0 aromatic heterocycles. The molecule has 116 valence electrons. The Balaban J connectivity index is 2.21. The van der Waals surface area contributed by atoms with Gasteiger partial charge in [0.05, 0.1) is 30.5 Å². The van der Waals surface area contributed by atoms with Crippen LogP contribution in [0, 0.1) is 0 Å². The van der Waals surface area contributed by atoms with Crippen LogP contribution in [-0.2, 0) is 10.1 Å². The zero-order chi connectivity index (χ0) is 16.2. The van der Waals surface area contributed by atoms with Gasteiger partial charge < -0.3 is 9.47 Å². The molecule has 0 radical (unpaired) electrons. The molecule has 1 N–H and O–H groups in total. The average molecular weight is 322 g/mol. The molecule has 0 heterocycles. The van der Waals surface area contributed by atoms with Gasteiger partial charge in [0.1, 0.15) is 0 Å². The Kier molecular flexibility index (Phi) is 4.74. The molecule has 22 heavy (non-hydrogen) atoms. The zero-order valence-corrected chi connectivity index (χ0v) is 12.7. The van der Waals surface area contributed by atoms with Crippen molar-refractivity contribution in [1.82, 2.24) is 0 Å². The minimum Gasteiger partial charge on any atom is -0.493 e. The number of hydrogen-bond donors (Lipinski definition) is 1. The van der Waals surface area contributed by atoms with Gasteiger partial charge in [0.2, 0.25) is 0 Å². The third-order valence-corrected chi connectivity index (χ3v) is 3.65. The summed E-state index contributed by atoms with van der Waals surface area (Å²) in [7, 11) is -1.15. The van der Waals surface area contributed by atoms with E-state index in [2.05, 4.69) is 10.2 Å². The van der Waals surface area contributed by atoms with E-state index in [1.54, 1.807) is 18.2 Å². The predicted octanol–water partition coefficient (Wildman–Crippen LogP) is 3.37. The molecule has 0 atom stereocenters. The van der Waals surface area contributed by atoms with Crippen LogP contribution < -0.4 is 9.47 Å². The molecule has 0 unspecified atom stereocenters. The number of nitrogens with zero attached hydrogens (tertiary/aromatic N) is 2. The molecule has 0 saturated carbocycles. The molecule has 0 aliphatic carbocycles. The molecule has 2 aromatic rings. The number of methoxy groups -OCH3 is 2. The van der Waals surface area contributed by atoms with Crippen LogP contribution in [0.1, 0.15) is 0 Å². The van der Waals surface area contributed by atoms with Gasteiger partial charge in [0, 0.05) is 6.07 Å². The normalized spacial score (nSPS) is 11.6. The van der Waals surface area contributed by atoms with Crippen molar-refractivity contribution in [2.45, 2.75) is 4.90 Å². The topological polar surface area (TPSA) is 97.6 Å². The van der Waals surface area contributed by atoms with Crippen molar-refractivity contribution in [2.24, 2.45) is 10.2 Å². The minimum absolute atomic E-state index is 0.197. The molecule has 0 bridgehead atoms. The first-order valence-corrected chi connectivity index (χ1v) is 7.59. The second-order valence-corrected chi connectivity index (χ2v) is 5.63. The van der Waals surface area contributed by atoms with E-state index in [1.165, 1.54) is 38.5 Å². The van der Waals surface area contributed by atoms with Gasteiger partial charge in [-0.3, -0.25) is 4.55 Å². The van der Waals surface area contributed by atoms with E-state index in [0.717, 1.165) is 0 Å². The third-order valence-electron chi connectivity index (χ3n) is 2.78.